The van der Waals surface area contributed by atoms with Gasteiger partial charge in [-0.05, 0) is 32.6 Å². The zero-order valence-electron chi connectivity index (χ0n) is 10.5. The zero-order valence-corrected chi connectivity index (χ0v) is 10.5. The van der Waals surface area contributed by atoms with Crippen molar-refractivity contribution >= 4 is 0 Å². The standard InChI is InChI=1S/C13H21N3O/c1-9-15-13(10-4-6-17-7-5-10)12-3-2-11(14)8-16(9)12/h10-11H,2-8,14H2,1H3. The molecule has 17 heavy (non-hydrogen) atoms. The summed E-state index contributed by atoms with van der Waals surface area (Å²) in [5.74, 6) is 1.74. The summed E-state index contributed by atoms with van der Waals surface area (Å²) in [5, 5.41) is 0. The number of rotatable bonds is 1. The summed E-state index contributed by atoms with van der Waals surface area (Å²) in [7, 11) is 0. The molecule has 0 saturated carbocycles. The maximum absolute atomic E-state index is 6.04. The molecule has 2 aliphatic heterocycles. The number of hydrogen-bond acceptors (Lipinski definition) is 3. The van der Waals surface area contributed by atoms with E-state index in [1.165, 1.54) is 11.4 Å². The lowest BCUT2D eigenvalue weighted by Gasteiger charge is -2.25. The summed E-state index contributed by atoms with van der Waals surface area (Å²) < 4.78 is 7.77. The van der Waals surface area contributed by atoms with Gasteiger partial charge in [-0.25, -0.2) is 4.98 Å². The third-order valence-electron chi connectivity index (χ3n) is 4.07. The van der Waals surface area contributed by atoms with Gasteiger partial charge in [0.2, 0.25) is 0 Å². The van der Waals surface area contributed by atoms with Gasteiger partial charge in [-0.15, -0.1) is 0 Å². The summed E-state index contributed by atoms with van der Waals surface area (Å²) in [6, 6.07) is 0.304. The van der Waals surface area contributed by atoms with Crippen LogP contribution in [0.2, 0.25) is 0 Å². The highest BCUT2D eigenvalue weighted by atomic mass is 16.5. The van der Waals surface area contributed by atoms with Crippen LogP contribution in [0.25, 0.3) is 0 Å². The number of fused-ring (bicyclic) bond motifs is 1. The maximum atomic E-state index is 6.04. The molecular weight excluding hydrogens is 214 g/mol. The third-order valence-corrected chi connectivity index (χ3v) is 4.07. The Labute approximate surface area is 102 Å². The zero-order chi connectivity index (χ0) is 11.8. The van der Waals surface area contributed by atoms with Crippen molar-refractivity contribution in [1.82, 2.24) is 9.55 Å². The van der Waals surface area contributed by atoms with E-state index in [9.17, 15) is 0 Å². The third kappa shape index (κ3) is 2.00. The van der Waals surface area contributed by atoms with Gasteiger partial charge in [-0.1, -0.05) is 0 Å². The summed E-state index contributed by atoms with van der Waals surface area (Å²) in [5.41, 5.74) is 8.81. The molecule has 1 saturated heterocycles. The topological polar surface area (TPSA) is 53.1 Å². The first-order valence-corrected chi connectivity index (χ1v) is 6.65. The number of imidazole rings is 1. The molecule has 0 aromatic carbocycles. The monoisotopic (exact) mass is 235 g/mol. The highest BCUT2D eigenvalue weighted by Crippen LogP contribution is 2.31. The number of nitrogens with zero attached hydrogens (tertiary/aromatic N) is 2. The van der Waals surface area contributed by atoms with Crippen molar-refractivity contribution in [2.75, 3.05) is 13.2 Å². The van der Waals surface area contributed by atoms with Gasteiger partial charge in [0.05, 0.1) is 5.69 Å². The highest BCUT2D eigenvalue weighted by Gasteiger charge is 2.27. The van der Waals surface area contributed by atoms with Crippen LogP contribution in [-0.2, 0) is 17.7 Å². The molecule has 0 bridgehead atoms. The minimum Gasteiger partial charge on any atom is -0.381 e. The van der Waals surface area contributed by atoms with Gasteiger partial charge in [0.15, 0.2) is 0 Å². The predicted octanol–water partition coefficient (Wildman–Crippen LogP) is 1.36. The Hall–Kier alpha value is -0.870. The van der Waals surface area contributed by atoms with Crippen LogP contribution in [0, 0.1) is 6.92 Å². The summed E-state index contributed by atoms with van der Waals surface area (Å²) in [4.78, 5) is 4.80. The first kappa shape index (κ1) is 11.2. The lowest BCUT2D eigenvalue weighted by molar-refractivity contribution is 0.0843. The minimum atomic E-state index is 0.304. The van der Waals surface area contributed by atoms with Crippen LogP contribution in [0.1, 0.15) is 42.4 Å². The Balaban J connectivity index is 1.92. The van der Waals surface area contributed by atoms with E-state index in [-0.39, 0.29) is 0 Å². The summed E-state index contributed by atoms with van der Waals surface area (Å²) >= 11 is 0. The lowest BCUT2D eigenvalue weighted by Crippen LogP contribution is -2.32. The molecule has 0 amide bonds. The van der Waals surface area contributed by atoms with Crippen molar-refractivity contribution in [2.24, 2.45) is 5.73 Å². The van der Waals surface area contributed by atoms with Gasteiger partial charge >= 0.3 is 0 Å². The van der Waals surface area contributed by atoms with E-state index < -0.39 is 0 Å². The Morgan fingerprint density at radius 2 is 2.06 bits per heavy atom. The largest absolute Gasteiger partial charge is 0.381 e. The van der Waals surface area contributed by atoms with Crippen LogP contribution in [0.5, 0.6) is 0 Å². The molecule has 1 unspecified atom stereocenters. The van der Waals surface area contributed by atoms with Crippen LogP contribution in [-0.4, -0.2) is 28.8 Å². The molecule has 94 valence electrons. The van der Waals surface area contributed by atoms with Crippen molar-refractivity contribution in [1.29, 1.82) is 0 Å². The predicted molar refractivity (Wildman–Crippen MR) is 66.1 cm³/mol. The molecule has 0 radical (unpaired) electrons. The van der Waals surface area contributed by atoms with E-state index in [0.717, 1.165) is 51.3 Å². The Bertz CT molecular complexity index is 407. The molecule has 1 atom stereocenters. The van der Waals surface area contributed by atoms with Crippen LogP contribution >= 0.6 is 0 Å². The average Bonchev–Trinajstić information content (AvgIpc) is 2.68. The van der Waals surface area contributed by atoms with Crippen LogP contribution < -0.4 is 5.73 Å². The van der Waals surface area contributed by atoms with Crippen molar-refractivity contribution in [3.05, 3.63) is 17.2 Å². The van der Waals surface area contributed by atoms with Gasteiger partial charge in [-0.3, -0.25) is 0 Å². The number of hydrogen-bond donors (Lipinski definition) is 1. The van der Waals surface area contributed by atoms with Crippen molar-refractivity contribution in [2.45, 2.75) is 51.1 Å². The van der Waals surface area contributed by atoms with Crippen molar-refractivity contribution in [3.63, 3.8) is 0 Å². The van der Waals surface area contributed by atoms with Crippen LogP contribution in [0.4, 0.5) is 0 Å². The number of aryl methyl sites for hydroxylation is 1. The first-order chi connectivity index (χ1) is 8.25. The van der Waals surface area contributed by atoms with Crippen LogP contribution in [0.3, 0.4) is 0 Å². The fourth-order valence-electron chi connectivity index (χ4n) is 3.08. The molecule has 3 rings (SSSR count). The number of nitrogens with two attached hydrogens (primary N) is 1. The Morgan fingerprint density at radius 3 is 2.82 bits per heavy atom. The van der Waals surface area contributed by atoms with Gasteiger partial charge < -0.3 is 15.0 Å². The molecule has 1 fully saturated rings. The molecule has 4 nitrogen and oxygen atoms in total. The van der Waals surface area contributed by atoms with Gasteiger partial charge in [0.25, 0.3) is 0 Å². The van der Waals surface area contributed by atoms with Crippen molar-refractivity contribution in [3.8, 4) is 0 Å². The average molecular weight is 235 g/mol. The quantitative estimate of drug-likeness (QED) is 0.799. The second-order valence-electron chi connectivity index (χ2n) is 5.29. The molecule has 2 N–H and O–H groups in total. The first-order valence-electron chi connectivity index (χ1n) is 6.65. The lowest BCUT2D eigenvalue weighted by atomic mass is 9.92. The molecule has 0 spiro atoms. The molecule has 2 aliphatic rings. The van der Waals surface area contributed by atoms with E-state index in [4.69, 9.17) is 15.5 Å². The highest BCUT2D eigenvalue weighted by molar-refractivity contribution is 5.23. The fraction of sp³-hybridized carbons (Fsp3) is 0.769. The van der Waals surface area contributed by atoms with Crippen molar-refractivity contribution < 1.29 is 4.74 Å². The smallest absolute Gasteiger partial charge is 0.106 e. The Morgan fingerprint density at radius 1 is 1.29 bits per heavy atom. The SMILES string of the molecule is Cc1nc(C2CCOCC2)c2n1CC(N)CC2. The minimum absolute atomic E-state index is 0.304. The summed E-state index contributed by atoms with van der Waals surface area (Å²) in [6.45, 7) is 4.81. The second-order valence-corrected chi connectivity index (χ2v) is 5.29. The maximum Gasteiger partial charge on any atom is 0.106 e. The molecule has 1 aromatic heterocycles. The van der Waals surface area contributed by atoms with E-state index >= 15 is 0 Å². The van der Waals surface area contributed by atoms with E-state index in [1.807, 2.05) is 0 Å². The normalized spacial score (nSPS) is 25.9. The van der Waals surface area contributed by atoms with E-state index in [1.54, 1.807) is 0 Å². The number of ether oxygens (including phenoxy) is 1. The molecule has 1 aromatic rings. The van der Waals surface area contributed by atoms with Crippen LogP contribution in [0.15, 0.2) is 0 Å². The van der Waals surface area contributed by atoms with E-state index in [2.05, 4.69) is 11.5 Å². The second kappa shape index (κ2) is 4.42. The van der Waals surface area contributed by atoms with E-state index in [0.29, 0.717) is 12.0 Å². The number of aromatic nitrogens is 2. The molecular formula is C13H21N3O. The molecule has 0 aliphatic carbocycles. The Kier molecular flexibility index (Phi) is 2.92. The van der Waals surface area contributed by atoms with Gasteiger partial charge in [0.1, 0.15) is 5.82 Å². The van der Waals surface area contributed by atoms with Gasteiger partial charge in [-0.2, -0.15) is 0 Å². The fourth-order valence-corrected chi connectivity index (χ4v) is 3.08. The molecule has 3 heterocycles. The summed E-state index contributed by atoms with van der Waals surface area (Å²) in [6.07, 6.45) is 4.43. The molecule has 4 heteroatoms. The van der Waals surface area contributed by atoms with Gasteiger partial charge in [0, 0.05) is 37.4 Å².